The number of halogens is 1. The first-order valence-electron chi connectivity index (χ1n) is 9.26. The normalized spacial score (nSPS) is 27.7. The third kappa shape index (κ3) is 3.51. The van der Waals surface area contributed by atoms with Gasteiger partial charge in [-0.3, -0.25) is 4.57 Å². The molecule has 1 aliphatic heterocycles. The molecule has 3 atom stereocenters. The molecule has 1 saturated heterocycles. The largest absolute Gasteiger partial charge is 0.394 e. The molecule has 3 heterocycles. The van der Waals surface area contributed by atoms with E-state index in [9.17, 15) is 10.2 Å². The van der Waals surface area contributed by atoms with Crippen molar-refractivity contribution in [2.75, 3.05) is 11.9 Å². The molecular formula is C17H24ClN5O3. The van der Waals surface area contributed by atoms with Crippen LogP contribution < -0.4 is 5.32 Å². The van der Waals surface area contributed by atoms with Crippen molar-refractivity contribution in [2.24, 2.45) is 0 Å². The van der Waals surface area contributed by atoms with Crippen LogP contribution in [0.5, 0.6) is 0 Å². The maximum absolute atomic E-state index is 9.99. The van der Waals surface area contributed by atoms with Crippen LogP contribution >= 0.6 is 11.6 Å². The van der Waals surface area contributed by atoms with E-state index >= 15 is 0 Å². The lowest BCUT2D eigenvalue weighted by atomic mass is 10.1. The summed E-state index contributed by atoms with van der Waals surface area (Å²) in [5, 5.41) is 22.9. The van der Waals surface area contributed by atoms with E-state index < -0.39 is 18.4 Å². The third-order valence-electron chi connectivity index (χ3n) is 5.28. The van der Waals surface area contributed by atoms with Gasteiger partial charge in [0.2, 0.25) is 5.28 Å². The average Bonchev–Trinajstić information content (AvgIpc) is 3.10. The van der Waals surface area contributed by atoms with Crippen molar-refractivity contribution in [1.29, 1.82) is 0 Å². The fraction of sp³-hybridized carbons (Fsp3) is 0.706. The second-order valence-corrected chi connectivity index (χ2v) is 7.45. The lowest BCUT2D eigenvalue weighted by molar-refractivity contribution is -0.0432. The minimum absolute atomic E-state index is 0.146. The Morgan fingerprint density at radius 3 is 2.69 bits per heavy atom. The number of hydrogen-bond acceptors (Lipinski definition) is 7. The van der Waals surface area contributed by atoms with Gasteiger partial charge >= 0.3 is 0 Å². The number of aromatic nitrogens is 4. The number of aliphatic hydroxyl groups is 2. The molecule has 9 heteroatoms. The van der Waals surface area contributed by atoms with Gasteiger partial charge in [0.05, 0.1) is 19.0 Å². The van der Waals surface area contributed by atoms with Gasteiger partial charge in [0.25, 0.3) is 0 Å². The van der Waals surface area contributed by atoms with Crippen LogP contribution in [-0.2, 0) is 4.74 Å². The second-order valence-electron chi connectivity index (χ2n) is 7.11. The molecular weight excluding hydrogens is 358 g/mol. The summed E-state index contributed by atoms with van der Waals surface area (Å²) >= 11 is 6.16. The number of imidazole rings is 1. The molecule has 4 rings (SSSR count). The molecule has 3 N–H and O–H groups in total. The van der Waals surface area contributed by atoms with Gasteiger partial charge in [-0.15, -0.1) is 0 Å². The van der Waals surface area contributed by atoms with Crippen molar-refractivity contribution < 1.29 is 14.9 Å². The quantitative estimate of drug-likeness (QED) is 0.551. The fourth-order valence-corrected chi connectivity index (χ4v) is 4.03. The average molecular weight is 382 g/mol. The molecule has 142 valence electrons. The minimum atomic E-state index is -0.719. The molecule has 8 nitrogen and oxygen atoms in total. The summed E-state index contributed by atoms with van der Waals surface area (Å²) < 4.78 is 7.47. The zero-order valence-corrected chi connectivity index (χ0v) is 15.3. The lowest BCUT2D eigenvalue weighted by Crippen LogP contribution is -2.24. The van der Waals surface area contributed by atoms with Crippen molar-refractivity contribution in [3.05, 3.63) is 11.6 Å². The second kappa shape index (κ2) is 7.64. The SMILES string of the molecule is OC[C@H]1O[C@@H](n2cnc3c(NC4CCCCCC4)nc(Cl)nc32)C[C@@H]1O. The number of rotatable bonds is 4. The topological polar surface area (TPSA) is 105 Å². The Bertz CT molecular complexity index is 762. The van der Waals surface area contributed by atoms with Crippen LogP contribution in [0.15, 0.2) is 6.33 Å². The molecule has 2 aromatic heterocycles. The fourth-order valence-electron chi connectivity index (χ4n) is 3.87. The van der Waals surface area contributed by atoms with Crippen LogP contribution in [0.2, 0.25) is 5.28 Å². The zero-order valence-electron chi connectivity index (χ0n) is 14.5. The van der Waals surface area contributed by atoms with Gasteiger partial charge < -0.3 is 20.3 Å². The van der Waals surface area contributed by atoms with Crippen molar-refractivity contribution >= 4 is 28.6 Å². The van der Waals surface area contributed by atoms with Gasteiger partial charge in [-0.25, -0.2) is 4.98 Å². The first-order chi connectivity index (χ1) is 12.7. The van der Waals surface area contributed by atoms with E-state index in [0.717, 1.165) is 12.8 Å². The molecule has 2 aromatic rings. The molecule has 0 bridgehead atoms. The highest BCUT2D eigenvalue weighted by atomic mass is 35.5. The highest BCUT2D eigenvalue weighted by Crippen LogP contribution is 2.32. The summed E-state index contributed by atoms with van der Waals surface area (Å²) in [6, 6.07) is 0.361. The van der Waals surface area contributed by atoms with E-state index in [1.807, 2.05) is 0 Å². The van der Waals surface area contributed by atoms with Crippen LogP contribution in [-0.4, -0.2) is 54.6 Å². The van der Waals surface area contributed by atoms with Crippen LogP contribution in [0.1, 0.15) is 51.2 Å². The number of nitrogens with one attached hydrogen (secondary N) is 1. The monoisotopic (exact) mass is 381 g/mol. The van der Waals surface area contributed by atoms with Crippen LogP contribution in [0.3, 0.4) is 0 Å². The van der Waals surface area contributed by atoms with E-state index in [2.05, 4.69) is 20.3 Å². The zero-order chi connectivity index (χ0) is 18.1. The summed E-state index contributed by atoms with van der Waals surface area (Å²) in [7, 11) is 0. The van der Waals surface area contributed by atoms with E-state index in [1.165, 1.54) is 25.7 Å². The Morgan fingerprint density at radius 2 is 2.00 bits per heavy atom. The van der Waals surface area contributed by atoms with Gasteiger partial charge in [0.1, 0.15) is 12.3 Å². The van der Waals surface area contributed by atoms with E-state index in [0.29, 0.717) is 29.4 Å². The molecule has 0 amide bonds. The maximum atomic E-state index is 9.99. The molecule has 1 saturated carbocycles. The smallest absolute Gasteiger partial charge is 0.226 e. The van der Waals surface area contributed by atoms with E-state index in [1.54, 1.807) is 10.9 Å². The molecule has 0 unspecified atom stereocenters. The maximum Gasteiger partial charge on any atom is 0.226 e. The van der Waals surface area contributed by atoms with Crippen molar-refractivity contribution in [3.8, 4) is 0 Å². The number of ether oxygens (including phenoxy) is 1. The highest BCUT2D eigenvalue weighted by Gasteiger charge is 2.35. The Labute approximate surface area is 156 Å². The van der Waals surface area contributed by atoms with Crippen LogP contribution in [0.4, 0.5) is 5.82 Å². The Morgan fingerprint density at radius 1 is 1.23 bits per heavy atom. The molecule has 0 spiro atoms. The first kappa shape index (κ1) is 17.9. The van der Waals surface area contributed by atoms with Crippen molar-refractivity contribution in [2.45, 2.75) is 69.4 Å². The number of aliphatic hydroxyl groups excluding tert-OH is 2. The van der Waals surface area contributed by atoms with Crippen molar-refractivity contribution in [1.82, 2.24) is 19.5 Å². The summed E-state index contributed by atoms with van der Waals surface area (Å²) in [5.41, 5.74) is 1.21. The number of nitrogens with zero attached hydrogens (tertiary/aromatic N) is 4. The molecule has 0 aromatic carbocycles. The van der Waals surface area contributed by atoms with Crippen molar-refractivity contribution in [3.63, 3.8) is 0 Å². The molecule has 26 heavy (non-hydrogen) atoms. The van der Waals surface area contributed by atoms with Gasteiger partial charge in [-0.1, -0.05) is 25.7 Å². The van der Waals surface area contributed by atoms with Crippen LogP contribution in [0, 0.1) is 0 Å². The third-order valence-corrected chi connectivity index (χ3v) is 5.45. The van der Waals surface area contributed by atoms with E-state index in [-0.39, 0.29) is 11.9 Å². The predicted octanol–water partition coefficient (Wildman–Crippen LogP) is 2.26. The Kier molecular flexibility index (Phi) is 5.26. The standard InChI is InChI=1S/C17H24ClN5O3/c18-17-21-15(20-10-5-3-1-2-4-6-10)14-16(22-17)23(9-19-14)13-7-11(25)12(8-24)26-13/h9-13,24-25H,1-8H2,(H,20,21,22)/t11-,12+,13+/m0/s1. The summed E-state index contributed by atoms with van der Waals surface area (Å²) in [6.07, 6.45) is 7.44. The first-order valence-corrected chi connectivity index (χ1v) is 9.64. The Hall–Kier alpha value is -1.48. The predicted molar refractivity (Wildman–Crippen MR) is 97.1 cm³/mol. The summed E-state index contributed by atoms with van der Waals surface area (Å²) in [5.74, 6) is 0.642. The molecule has 2 fully saturated rings. The summed E-state index contributed by atoms with van der Waals surface area (Å²) in [6.45, 7) is -0.228. The van der Waals surface area contributed by atoms with E-state index in [4.69, 9.17) is 16.3 Å². The summed E-state index contributed by atoms with van der Waals surface area (Å²) in [4.78, 5) is 13.1. The van der Waals surface area contributed by atoms with Gasteiger partial charge in [-0.2, -0.15) is 9.97 Å². The molecule has 1 aliphatic carbocycles. The van der Waals surface area contributed by atoms with Gasteiger partial charge in [-0.05, 0) is 24.4 Å². The number of fused-ring (bicyclic) bond motifs is 1. The Balaban J connectivity index is 1.63. The van der Waals surface area contributed by atoms with Gasteiger partial charge in [0, 0.05) is 12.5 Å². The van der Waals surface area contributed by atoms with Crippen LogP contribution in [0.25, 0.3) is 11.2 Å². The van der Waals surface area contributed by atoms with Gasteiger partial charge in [0.15, 0.2) is 17.0 Å². The lowest BCUT2D eigenvalue weighted by Gasteiger charge is -2.17. The number of anilines is 1. The molecule has 0 radical (unpaired) electrons. The minimum Gasteiger partial charge on any atom is -0.394 e. The highest BCUT2D eigenvalue weighted by molar-refractivity contribution is 6.28. The molecule has 2 aliphatic rings. The number of hydrogen-bond donors (Lipinski definition) is 3.